The van der Waals surface area contributed by atoms with E-state index in [4.69, 9.17) is 21.1 Å². The number of carboxylic acid groups (broad SMARTS) is 1. The molecule has 3 aromatic rings. The molecule has 0 radical (unpaired) electrons. The fourth-order valence-corrected chi connectivity index (χ4v) is 2.95. The third-order valence-corrected chi connectivity index (χ3v) is 4.52. The largest absolute Gasteiger partial charge is 0.478 e. The molecule has 0 aliphatic rings. The number of carbonyl (C=O) groups excluding carboxylic acids is 1. The molecule has 1 heterocycles. The van der Waals surface area contributed by atoms with Gasteiger partial charge in [0.05, 0.1) is 16.1 Å². The van der Waals surface area contributed by atoms with Gasteiger partial charge in [0.25, 0.3) is 5.91 Å². The molecule has 0 fully saturated rings. The van der Waals surface area contributed by atoms with Crippen molar-refractivity contribution in [3.05, 3.63) is 82.1 Å². The van der Waals surface area contributed by atoms with Crippen LogP contribution in [0.15, 0.2) is 64.6 Å². The number of rotatable bonds is 5. The highest BCUT2D eigenvalue weighted by molar-refractivity contribution is 6.33. The van der Waals surface area contributed by atoms with Crippen LogP contribution in [0.4, 0.5) is 18.9 Å². The zero-order valence-electron chi connectivity index (χ0n) is 15.9. The molecule has 0 atom stereocenters. The lowest BCUT2D eigenvalue weighted by Gasteiger charge is -2.09. The molecule has 1 amide bonds. The van der Waals surface area contributed by atoms with Crippen molar-refractivity contribution < 1.29 is 32.3 Å². The zero-order chi connectivity index (χ0) is 23.5. The monoisotopic (exact) mass is 460 g/mol. The van der Waals surface area contributed by atoms with Crippen LogP contribution < -0.4 is 5.32 Å². The molecule has 162 valence electrons. The number of carboxylic acids is 1. The molecule has 0 aliphatic carbocycles. The Labute approximate surface area is 184 Å². The van der Waals surface area contributed by atoms with E-state index >= 15 is 0 Å². The first-order chi connectivity index (χ1) is 15.1. The molecule has 0 spiro atoms. The van der Waals surface area contributed by atoms with Gasteiger partial charge in [-0.2, -0.15) is 18.4 Å². The number of anilines is 1. The van der Waals surface area contributed by atoms with Crippen molar-refractivity contribution in [1.29, 1.82) is 5.26 Å². The lowest BCUT2D eigenvalue weighted by atomic mass is 10.1. The first-order valence-electron chi connectivity index (χ1n) is 8.82. The number of halogens is 4. The van der Waals surface area contributed by atoms with Crippen molar-refractivity contribution in [2.45, 2.75) is 6.18 Å². The molecule has 2 aromatic carbocycles. The number of carbonyl (C=O) groups is 2. The Balaban J connectivity index is 1.81. The standard InChI is InChI=1S/C22H12ClF3N2O4/c23-18-9-12(4-6-17(18)21(30)31)19-7-5-16(32-19)8-13(11-27)20(29)28-15-3-1-2-14(10-15)22(24,25)26/h1-10H,(H,28,29)(H,30,31)/b13-8-. The van der Waals surface area contributed by atoms with Crippen molar-refractivity contribution in [2.24, 2.45) is 0 Å². The number of hydrogen-bond acceptors (Lipinski definition) is 4. The Morgan fingerprint density at radius 1 is 1.12 bits per heavy atom. The number of nitrogens with one attached hydrogen (secondary N) is 1. The van der Waals surface area contributed by atoms with Crippen LogP contribution in [0.2, 0.25) is 5.02 Å². The van der Waals surface area contributed by atoms with Crippen molar-refractivity contribution in [1.82, 2.24) is 0 Å². The maximum Gasteiger partial charge on any atom is 0.416 e. The van der Waals surface area contributed by atoms with Gasteiger partial charge in [0, 0.05) is 17.3 Å². The minimum absolute atomic E-state index is 0.00155. The van der Waals surface area contributed by atoms with Gasteiger partial charge in [-0.25, -0.2) is 4.79 Å². The van der Waals surface area contributed by atoms with Gasteiger partial charge >= 0.3 is 12.1 Å². The fraction of sp³-hybridized carbons (Fsp3) is 0.0455. The van der Waals surface area contributed by atoms with E-state index in [1.165, 1.54) is 36.4 Å². The number of aromatic carboxylic acids is 1. The smallest absolute Gasteiger partial charge is 0.416 e. The van der Waals surface area contributed by atoms with Crippen LogP contribution in [0.25, 0.3) is 17.4 Å². The number of alkyl halides is 3. The molecule has 0 unspecified atom stereocenters. The molecule has 32 heavy (non-hydrogen) atoms. The summed E-state index contributed by atoms with van der Waals surface area (Å²) in [6, 6.07) is 12.8. The van der Waals surface area contributed by atoms with Crippen LogP contribution in [0.1, 0.15) is 21.7 Å². The van der Waals surface area contributed by atoms with Gasteiger partial charge in [-0.1, -0.05) is 23.7 Å². The van der Waals surface area contributed by atoms with E-state index in [9.17, 15) is 28.0 Å². The van der Waals surface area contributed by atoms with Crippen LogP contribution >= 0.6 is 11.6 Å². The topological polar surface area (TPSA) is 103 Å². The molecule has 6 nitrogen and oxygen atoms in total. The van der Waals surface area contributed by atoms with Gasteiger partial charge in [0.2, 0.25) is 0 Å². The third-order valence-electron chi connectivity index (χ3n) is 4.21. The highest BCUT2D eigenvalue weighted by Gasteiger charge is 2.30. The second kappa shape index (κ2) is 8.99. The van der Waals surface area contributed by atoms with E-state index in [2.05, 4.69) is 5.32 Å². The van der Waals surface area contributed by atoms with E-state index in [1.807, 2.05) is 0 Å². The van der Waals surface area contributed by atoms with Gasteiger partial charge < -0.3 is 14.8 Å². The maximum atomic E-state index is 12.8. The van der Waals surface area contributed by atoms with Crippen LogP contribution in [0.3, 0.4) is 0 Å². The molecule has 0 aliphatic heterocycles. The van der Waals surface area contributed by atoms with Crippen LogP contribution in [0.5, 0.6) is 0 Å². The number of benzene rings is 2. The fourth-order valence-electron chi connectivity index (χ4n) is 2.69. The highest BCUT2D eigenvalue weighted by atomic mass is 35.5. The van der Waals surface area contributed by atoms with Crippen LogP contribution in [0, 0.1) is 11.3 Å². The van der Waals surface area contributed by atoms with Crippen LogP contribution in [-0.4, -0.2) is 17.0 Å². The van der Waals surface area contributed by atoms with E-state index < -0.39 is 29.2 Å². The van der Waals surface area contributed by atoms with Gasteiger partial charge in [0.15, 0.2) is 0 Å². The minimum Gasteiger partial charge on any atom is -0.478 e. The second-order valence-corrected chi connectivity index (χ2v) is 6.81. The van der Waals surface area contributed by atoms with Crippen molar-refractivity contribution in [3.8, 4) is 17.4 Å². The lowest BCUT2D eigenvalue weighted by molar-refractivity contribution is -0.137. The summed E-state index contributed by atoms with van der Waals surface area (Å²) in [5, 5.41) is 20.6. The summed E-state index contributed by atoms with van der Waals surface area (Å²) in [6.45, 7) is 0. The number of amides is 1. The van der Waals surface area contributed by atoms with E-state index in [-0.39, 0.29) is 22.0 Å². The predicted molar refractivity (Wildman–Crippen MR) is 110 cm³/mol. The molecule has 3 rings (SSSR count). The van der Waals surface area contributed by atoms with Crippen molar-refractivity contribution in [3.63, 3.8) is 0 Å². The summed E-state index contributed by atoms with van der Waals surface area (Å²) in [5.41, 5.74) is -1.09. The first-order valence-corrected chi connectivity index (χ1v) is 9.20. The Morgan fingerprint density at radius 2 is 1.88 bits per heavy atom. The molecule has 10 heteroatoms. The Bertz CT molecular complexity index is 1270. The molecule has 2 N–H and O–H groups in total. The highest BCUT2D eigenvalue weighted by Crippen LogP contribution is 2.31. The Kier molecular flexibility index (Phi) is 6.37. The summed E-state index contributed by atoms with van der Waals surface area (Å²) in [5.74, 6) is -1.69. The van der Waals surface area contributed by atoms with Gasteiger partial charge in [-0.05, 0) is 42.5 Å². The minimum atomic E-state index is -4.58. The average molecular weight is 461 g/mol. The van der Waals surface area contributed by atoms with Crippen molar-refractivity contribution >= 4 is 35.2 Å². The summed E-state index contributed by atoms with van der Waals surface area (Å²) < 4.78 is 44.0. The summed E-state index contributed by atoms with van der Waals surface area (Å²) in [4.78, 5) is 23.4. The summed E-state index contributed by atoms with van der Waals surface area (Å²) >= 11 is 5.94. The van der Waals surface area contributed by atoms with Gasteiger partial charge in [0.1, 0.15) is 23.2 Å². The summed E-state index contributed by atoms with van der Waals surface area (Å²) in [6.07, 6.45) is -3.45. The van der Waals surface area contributed by atoms with Crippen molar-refractivity contribution in [2.75, 3.05) is 5.32 Å². The molecular weight excluding hydrogens is 449 g/mol. The molecule has 0 bridgehead atoms. The molecular formula is C22H12ClF3N2O4. The molecule has 0 saturated carbocycles. The first kappa shape index (κ1) is 22.7. The van der Waals surface area contributed by atoms with E-state index in [1.54, 1.807) is 6.07 Å². The molecule has 1 aromatic heterocycles. The van der Waals surface area contributed by atoms with Crippen LogP contribution in [-0.2, 0) is 11.0 Å². The number of nitrogens with zero attached hydrogens (tertiary/aromatic N) is 1. The third kappa shape index (κ3) is 5.17. The van der Waals surface area contributed by atoms with E-state index in [0.29, 0.717) is 11.3 Å². The second-order valence-electron chi connectivity index (χ2n) is 6.40. The normalized spacial score (nSPS) is 11.7. The Morgan fingerprint density at radius 3 is 2.50 bits per heavy atom. The van der Waals surface area contributed by atoms with Gasteiger partial charge in [-0.3, -0.25) is 4.79 Å². The molecule has 0 saturated heterocycles. The average Bonchev–Trinajstić information content (AvgIpc) is 3.20. The van der Waals surface area contributed by atoms with Gasteiger partial charge in [-0.15, -0.1) is 0 Å². The lowest BCUT2D eigenvalue weighted by Crippen LogP contribution is -2.14. The number of nitriles is 1. The summed E-state index contributed by atoms with van der Waals surface area (Å²) in [7, 11) is 0. The Hall–Kier alpha value is -4.03. The maximum absolute atomic E-state index is 12.8. The predicted octanol–water partition coefficient (Wildman–Crippen LogP) is 5.86. The van der Waals surface area contributed by atoms with E-state index in [0.717, 1.165) is 24.3 Å². The SMILES string of the molecule is N#C/C(=C/c1ccc(-c2ccc(C(=O)O)c(Cl)c2)o1)C(=O)Nc1cccc(C(F)(F)F)c1. The zero-order valence-corrected chi connectivity index (χ0v) is 16.7. The quantitative estimate of drug-likeness (QED) is 0.366. The number of hydrogen-bond donors (Lipinski definition) is 2. The number of furan rings is 1.